The summed E-state index contributed by atoms with van der Waals surface area (Å²) in [6.45, 7) is 6.04. The van der Waals surface area contributed by atoms with Gasteiger partial charge in [-0.1, -0.05) is 22.6 Å². The van der Waals surface area contributed by atoms with E-state index in [2.05, 4.69) is 15.5 Å². The monoisotopic (exact) mass is 409 g/mol. The zero-order valence-corrected chi connectivity index (χ0v) is 17.1. The van der Waals surface area contributed by atoms with E-state index in [1.165, 1.54) is 11.3 Å². The van der Waals surface area contributed by atoms with E-state index in [9.17, 15) is 9.59 Å². The zero-order chi connectivity index (χ0) is 20.5. The molecule has 7 nitrogen and oxygen atoms in total. The molecular weight excluding hydrogens is 390 g/mol. The summed E-state index contributed by atoms with van der Waals surface area (Å²) in [7, 11) is 0. The molecule has 0 radical (unpaired) electrons. The minimum Gasteiger partial charge on any atom is -0.462 e. The number of carbonyl (C=O) groups excluding carboxylic acids is 2. The first-order chi connectivity index (χ1) is 13.9. The van der Waals surface area contributed by atoms with Gasteiger partial charge in [0.25, 0.3) is 0 Å². The maximum Gasteiger partial charge on any atom is 0.338 e. The van der Waals surface area contributed by atoms with Crippen LogP contribution in [0.15, 0.2) is 34.9 Å². The number of nitrogens with zero attached hydrogens (tertiary/aromatic N) is 2. The van der Waals surface area contributed by atoms with E-state index < -0.39 is 0 Å². The Kier molecular flexibility index (Phi) is 5.02. The van der Waals surface area contributed by atoms with E-state index in [-0.39, 0.29) is 18.3 Å². The quantitative estimate of drug-likeness (QED) is 0.491. The van der Waals surface area contributed by atoms with Crippen molar-refractivity contribution in [1.82, 2.24) is 10.1 Å². The third-order valence-electron chi connectivity index (χ3n) is 4.46. The second-order valence-electron chi connectivity index (χ2n) is 6.73. The summed E-state index contributed by atoms with van der Waals surface area (Å²) < 4.78 is 11.2. The molecule has 148 valence electrons. The average Bonchev–Trinajstić information content (AvgIpc) is 3.24. The van der Waals surface area contributed by atoms with Crippen molar-refractivity contribution >= 4 is 49.5 Å². The van der Waals surface area contributed by atoms with Gasteiger partial charge in [-0.2, -0.15) is 0 Å². The Morgan fingerprint density at radius 2 is 2.03 bits per heavy atom. The van der Waals surface area contributed by atoms with E-state index in [1.54, 1.807) is 25.1 Å². The summed E-state index contributed by atoms with van der Waals surface area (Å²) in [6.07, 6.45) is 0.0842. The number of benzene rings is 2. The first-order valence-electron chi connectivity index (χ1n) is 9.17. The van der Waals surface area contributed by atoms with Crippen LogP contribution in [0.2, 0.25) is 0 Å². The summed E-state index contributed by atoms with van der Waals surface area (Å²) in [5, 5.41) is 8.21. The van der Waals surface area contributed by atoms with E-state index in [0.29, 0.717) is 34.1 Å². The molecule has 2 aromatic carbocycles. The molecule has 0 saturated carbocycles. The number of esters is 1. The molecule has 2 aromatic heterocycles. The first kappa shape index (κ1) is 19.1. The van der Waals surface area contributed by atoms with Crippen LogP contribution < -0.4 is 5.32 Å². The van der Waals surface area contributed by atoms with Gasteiger partial charge in [0.1, 0.15) is 5.69 Å². The van der Waals surface area contributed by atoms with Crippen LogP contribution in [0.25, 0.3) is 21.2 Å². The number of rotatable bonds is 5. The summed E-state index contributed by atoms with van der Waals surface area (Å²) >= 11 is 1.30. The molecule has 29 heavy (non-hydrogen) atoms. The Bertz CT molecular complexity index is 1240. The summed E-state index contributed by atoms with van der Waals surface area (Å²) in [5.74, 6) is -0.609. The van der Waals surface area contributed by atoms with Crippen LogP contribution in [0, 0.1) is 13.8 Å². The molecule has 0 aliphatic rings. The Hall–Kier alpha value is -3.26. The maximum atomic E-state index is 12.5. The Balaban J connectivity index is 1.53. The highest BCUT2D eigenvalue weighted by Crippen LogP contribution is 2.28. The number of anilines is 1. The van der Waals surface area contributed by atoms with E-state index >= 15 is 0 Å². The summed E-state index contributed by atoms with van der Waals surface area (Å²) in [6, 6.07) is 9.07. The fourth-order valence-corrected chi connectivity index (χ4v) is 4.20. The zero-order valence-electron chi connectivity index (χ0n) is 16.2. The molecule has 0 fully saturated rings. The molecule has 0 unspecified atom stereocenters. The molecule has 2 heterocycles. The molecule has 0 aliphatic heterocycles. The molecular formula is C21H19N3O4S. The minimum absolute atomic E-state index is 0.0842. The van der Waals surface area contributed by atoms with E-state index in [4.69, 9.17) is 9.26 Å². The largest absolute Gasteiger partial charge is 0.462 e. The van der Waals surface area contributed by atoms with Crippen molar-refractivity contribution in [1.29, 1.82) is 0 Å². The molecule has 4 rings (SSSR count). The molecule has 0 bridgehead atoms. The first-order valence-corrected chi connectivity index (χ1v) is 9.99. The number of aryl methyl sites for hydroxylation is 2. The SMILES string of the molecule is CCOC(=O)c1ccc2nc(NC(=O)Cc3noc4cc(C)cc(C)c34)sc2c1. The fraction of sp³-hybridized carbons (Fsp3) is 0.238. The third kappa shape index (κ3) is 3.84. The molecule has 1 amide bonds. The number of hydrogen-bond donors (Lipinski definition) is 1. The van der Waals surface area contributed by atoms with Crippen molar-refractivity contribution in [2.75, 3.05) is 11.9 Å². The van der Waals surface area contributed by atoms with Crippen molar-refractivity contribution in [2.45, 2.75) is 27.2 Å². The van der Waals surface area contributed by atoms with Gasteiger partial charge in [-0.05, 0) is 56.2 Å². The van der Waals surface area contributed by atoms with Crippen molar-refractivity contribution in [3.05, 3.63) is 52.7 Å². The van der Waals surface area contributed by atoms with Crippen LogP contribution in [0.4, 0.5) is 5.13 Å². The van der Waals surface area contributed by atoms with Crippen LogP contribution >= 0.6 is 11.3 Å². The van der Waals surface area contributed by atoms with Gasteiger partial charge in [-0.15, -0.1) is 0 Å². The Morgan fingerprint density at radius 3 is 2.83 bits per heavy atom. The van der Waals surface area contributed by atoms with Crippen molar-refractivity contribution in [3.8, 4) is 0 Å². The van der Waals surface area contributed by atoms with Crippen LogP contribution in [-0.2, 0) is 16.0 Å². The van der Waals surface area contributed by atoms with Gasteiger partial charge >= 0.3 is 5.97 Å². The molecule has 8 heteroatoms. The standard InChI is InChI=1S/C21H19N3O4S/c1-4-27-20(26)13-5-6-14-17(9-13)29-21(22-14)23-18(25)10-15-19-12(3)7-11(2)8-16(19)28-24-15/h5-9H,4,10H2,1-3H3,(H,22,23,25). The van der Waals surface area contributed by atoms with Crippen LogP contribution in [0.1, 0.15) is 34.1 Å². The number of carbonyl (C=O) groups is 2. The molecule has 0 aliphatic carbocycles. The predicted octanol–water partition coefficient (Wildman–Crippen LogP) is 4.41. The van der Waals surface area contributed by atoms with Gasteiger partial charge in [0, 0.05) is 5.39 Å². The van der Waals surface area contributed by atoms with Crippen molar-refractivity contribution in [3.63, 3.8) is 0 Å². The highest BCUT2D eigenvalue weighted by atomic mass is 32.1. The molecule has 0 atom stereocenters. The van der Waals surface area contributed by atoms with Gasteiger partial charge in [0.15, 0.2) is 10.7 Å². The topological polar surface area (TPSA) is 94.3 Å². The van der Waals surface area contributed by atoms with Crippen molar-refractivity contribution in [2.24, 2.45) is 0 Å². The number of thiazole rings is 1. The number of amides is 1. The Morgan fingerprint density at radius 1 is 1.21 bits per heavy atom. The lowest BCUT2D eigenvalue weighted by molar-refractivity contribution is -0.115. The lowest BCUT2D eigenvalue weighted by atomic mass is 10.0. The number of fused-ring (bicyclic) bond motifs is 2. The summed E-state index contributed by atoms with van der Waals surface area (Å²) in [5.41, 5.74) is 4.55. The van der Waals surface area contributed by atoms with Crippen LogP contribution in [0.3, 0.4) is 0 Å². The van der Waals surface area contributed by atoms with Crippen LogP contribution in [0.5, 0.6) is 0 Å². The maximum absolute atomic E-state index is 12.5. The predicted molar refractivity (Wildman–Crippen MR) is 111 cm³/mol. The van der Waals surface area contributed by atoms with Gasteiger partial charge < -0.3 is 14.6 Å². The van der Waals surface area contributed by atoms with Gasteiger partial charge in [0.05, 0.1) is 28.8 Å². The second-order valence-corrected chi connectivity index (χ2v) is 7.76. The number of ether oxygens (including phenoxy) is 1. The van der Waals surface area contributed by atoms with E-state index in [0.717, 1.165) is 21.2 Å². The molecule has 4 aromatic rings. The van der Waals surface area contributed by atoms with Crippen LogP contribution in [-0.4, -0.2) is 28.6 Å². The molecule has 1 N–H and O–H groups in total. The summed E-state index contributed by atoms with van der Waals surface area (Å²) in [4.78, 5) is 28.8. The van der Waals surface area contributed by atoms with Gasteiger partial charge in [0.2, 0.25) is 5.91 Å². The smallest absolute Gasteiger partial charge is 0.338 e. The average molecular weight is 409 g/mol. The fourth-order valence-electron chi connectivity index (χ4n) is 3.28. The number of nitrogens with one attached hydrogen (secondary N) is 1. The normalized spacial score (nSPS) is 11.1. The Labute approximate surface area is 170 Å². The highest BCUT2D eigenvalue weighted by Gasteiger charge is 2.17. The van der Waals surface area contributed by atoms with Gasteiger partial charge in [-0.3, -0.25) is 4.79 Å². The molecule has 0 spiro atoms. The number of hydrogen-bond acceptors (Lipinski definition) is 7. The highest BCUT2D eigenvalue weighted by molar-refractivity contribution is 7.22. The van der Waals surface area contributed by atoms with Crippen molar-refractivity contribution < 1.29 is 18.8 Å². The number of aromatic nitrogens is 2. The van der Waals surface area contributed by atoms with Gasteiger partial charge in [-0.25, -0.2) is 9.78 Å². The van der Waals surface area contributed by atoms with E-state index in [1.807, 2.05) is 26.0 Å². The second kappa shape index (κ2) is 7.63. The lowest BCUT2D eigenvalue weighted by Crippen LogP contribution is -2.14. The minimum atomic E-state index is -0.378. The third-order valence-corrected chi connectivity index (χ3v) is 5.39. The lowest BCUT2D eigenvalue weighted by Gasteiger charge is -2.01. The molecule has 0 saturated heterocycles.